The molecule has 1 heterocycles. The number of carbonyl (C=O) groups is 2. The summed E-state index contributed by atoms with van der Waals surface area (Å²) in [6.07, 6.45) is 4.15. The summed E-state index contributed by atoms with van der Waals surface area (Å²) in [5.41, 5.74) is 0. The van der Waals surface area contributed by atoms with Crippen molar-refractivity contribution in [2.24, 2.45) is 11.8 Å². The molecule has 22 heavy (non-hydrogen) atoms. The molecule has 1 aliphatic rings. The Bertz CT molecular complexity index is 352. The third-order valence-corrected chi connectivity index (χ3v) is 4.63. The van der Waals surface area contributed by atoms with E-state index in [1.54, 1.807) is 0 Å². The van der Waals surface area contributed by atoms with Gasteiger partial charge in [-0.25, -0.2) is 0 Å². The van der Waals surface area contributed by atoms with Gasteiger partial charge in [-0.1, -0.05) is 33.6 Å². The average Bonchev–Trinajstić information content (AvgIpc) is 2.54. The Kier molecular flexibility index (Phi) is 8.46. The maximum absolute atomic E-state index is 12.7. The summed E-state index contributed by atoms with van der Waals surface area (Å²) >= 11 is 0. The van der Waals surface area contributed by atoms with Gasteiger partial charge in [0.05, 0.1) is 13.7 Å². The number of piperazine rings is 1. The van der Waals surface area contributed by atoms with Crippen LogP contribution in [0.15, 0.2) is 0 Å². The lowest BCUT2D eigenvalue weighted by Gasteiger charge is -2.36. The van der Waals surface area contributed by atoms with Crippen molar-refractivity contribution in [1.29, 1.82) is 0 Å². The van der Waals surface area contributed by atoms with E-state index in [-0.39, 0.29) is 11.9 Å². The first-order valence-electron chi connectivity index (χ1n) is 8.59. The maximum atomic E-state index is 12.7. The highest BCUT2D eigenvalue weighted by Crippen LogP contribution is 2.22. The predicted molar refractivity (Wildman–Crippen MR) is 87.5 cm³/mol. The number of ether oxygens (including phenoxy) is 1. The van der Waals surface area contributed by atoms with E-state index in [1.807, 2.05) is 4.90 Å². The lowest BCUT2D eigenvalue weighted by molar-refractivity contribution is -0.143. The van der Waals surface area contributed by atoms with Crippen LogP contribution >= 0.6 is 0 Å². The molecule has 0 aromatic carbocycles. The Labute approximate surface area is 135 Å². The van der Waals surface area contributed by atoms with Gasteiger partial charge in [-0.2, -0.15) is 0 Å². The molecule has 2 unspecified atom stereocenters. The van der Waals surface area contributed by atoms with E-state index >= 15 is 0 Å². The number of rotatable bonds is 8. The first-order valence-corrected chi connectivity index (χ1v) is 8.59. The Morgan fingerprint density at radius 3 is 2.27 bits per heavy atom. The van der Waals surface area contributed by atoms with Crippen LogP contribution in [0.4, 0.5) is 0 Å². The lowest BCUT2D eigenvalue weighted by Crippen LogP contribution is -2.51. The molecule has 5 heteroatoms. The number of amides is 1. The zero-order valence-corrected chi connectivity index (χ0v) is 14.6. The summed E-state index contributed by atoms with van der Waals surface area (Å²) in [7, 11) is 1.41. The van der Waals surface area contributed by atoms with Crippen LogP contribution in [0.3, 0.4) is 0 Å². The average molecular weight is 312 g/mol. The second kappa shape index (κ2) is 9.82. The quantitative estimate of drug-likeness (QED) is 0.645. The monoisotopic (exact) mass is 312 g/mol. The maximum Gasteiger partial charge on any atom is 0.319 e. The molecule has 2 atom stereocenters. The van der Waals surface area contributed by atoms with Crippen LogP contribution in [0.25, 0.3) is 0 Å². The highest BCUT2D eigenvalue weighted by atomic mass is 16.5. The predicted octanol–water partition coefficient (Wildman–Crippen LogP) is 2.16. The standard InChI is InChI=1S/C17H32N2O3/c1-5-7-15(12-14(3)6-2)17(21)19-10-8-18(9-11-19)13-16(20)22-4/h14-15H,5-13H2,1-4H3. The molecule has 128 valence electrons. The highest BCUT2D eigenvalue weighted by Gasteiger charge is 2.28. The van der Waals surface area contributed by atoms with E-state index in [0.717, 1.165) is 51.9 Å². The normalized spacial score (nSPS) is 18.8. The van der Waals surface area contributed by atoms with Crippen LogP contribution in [0.2, 0.25) is 0 Å². The van der Waals surface area contributed by atoms with Crippen LogP contribution in [-0.4, -0.2) is 61.5 Å². The van der Waals surface area contributed by atoms with Crippen molar-refractivity contribution in [1.82, 2.24) is 9.80 Å². The summed E-state index contributed by atoms with van der Waals surface area (Å²) in [5, 5.41) is 0. The molecule has 5 nitrogen and oxygen atoms in total. The van der Waals surface area contributed by atoms with Gasteiger partial charge in [0.1, 0.15) is 0 Å². The van der Waals surface area contributed by atoms with E-state index in [9.17, 15) is 9.59 Å². The number of nitrogens with zero attached hydrogens (tertiary/aromatic N) is 2. The smallest absolute Gasteiger partial charge is 0.319 e. The van der Waals surface area contributed by atoms with E-state index in [0.29, 0.717) is 18.4 Å². The molecule has 0 saturated carbocycles. The van der Waals surface area contributed by atoms with Gasteiger partial charge in [0.15, 0.2) is 0 Å². The second-order valence-corrected chi connectivity index (χ2v) is 6.41. The molecule has 0 N–H and O–H groups in total. The first kappa shape index (κ1) is 18.9. The van der Waals surface area contributed by atoms with Gasteiger partial charge in [-0.05, 0) is 18.8 Å². The van der Waals surface area contributed by atoms with Crippen molar-refractivity contribution in [3.63, 3.8) is 0 Å². The molecule has 1 aliphatic heterocycles. The molecule has 0 spiro atoms. The van der Waals surface area contributed by atoms with E-state index < -0.39 is 0 Å². The van der Waals surface area contributed by atoms with Gasteiger partial charge < -0.3 is 9.64 Å². The van der Waals surface area contributed by atoms with Gasteiger partial charge >= 0.3 is 5.97 Å². The zero-order valence-electron chi connectivity index (χ0n) is 14.6. The van der Waals surface area contributed by atoms with Gasteiger partial charge in [0.2, 0.25) is 5.91 Å². The van der Waals surface area contributed by atoms with E-state index in [1.165, 1.54) is 7.11 Å². The third-order valence-electron chi connectivity index (χ3n) is 4.63. The molecule has 0 aromatic rings. The largest absolute Gasteiger partial charge is 0.468 e. The van der Waals surface area contributed by atoms with E-state index in [2.05, 4.69) is 25.7 Å². The SMILES string of the molecule is CCCC(CC(C)CC)C(=O)N1CCN(CC(=O)OC)CC1. The summed E-state index contributed by atoms with van der Waals surface area (Å²) in [6, 6.07) is 0. The van der Waals surface area contributed by atoms with Crippen LogP contribution in [0.5, 0.6) is 0 Å². The number of carbonyl (C=O) groups excluding carboxylic acids is 2. The molecule has 1 fully saturated rings. The Balaban J connectivity index is 2.49. The molecule has 0 radical (unpaired) electrons. The van der Waals surface area contributed by atoms with Crippen molar-refractivity contribution in [2.45, 2.75) is 46.5 Å². The molecular weight excluding hydrogens is 280 g/mol. The van der Waals surface area contributed by atoms with Gasteiger partial charge in [0.25, 0.3) is 0 Å². The minimum absolute atomic E-state index is 0.159. The van der Waals surface area contributed by atoms with E-state index in [4.69, 9.17) is 4.74 Å². The second-order valence-electron chi connectivity index (χ2n) is 6.41. The van der Waals surface area contributed by atoms with Crippen LogP contribution < -0.4 is 0 Å². The Hall–Kier alpha value is -1.10. The highest BCUT2D eigenvalue weighted by molar-refractivity contribution is 5.79. The minimum atomic E-state index is -0.208. The van der Waals surface area contributed by atoms with Crippen LogP contribution in [0, 0.1) is 11.8 Å². The molecule has 1 amide bonds. The summed E-state index contributed by atoms with van der Waals surface area (Å²) in [6.45, 7) is 9.82. The van der Waals surface area contributed by atoms with Crippen LogP contribution in [-0.2, 0) is 14.3 Å². The topological polar surface area (TPSA) is 49.9 Å². The fourth-order valence-corrected chi connectivity index (χ4v) is 2.97. The number of hydrogen-bond acceptors (Lipinski definition) is 4. The Morgan fingerprint density at radius 1 is 1.14 bits per heavy atom. The molecule has 0 bridgehead atoms. The van der Waals surface area contributed by atoms with Crippen molar-refractivity contribution in [2.75, 3.05) is 39.8 Å². The summed E-state index contributed by atoms with van der Waals surface area (Å²) < 4.78 is 4.69. The minimum Gasteiger partial charge on any atom is -0.468 e. The molecule has 1 rings (SSSR count). The van der Waals surface area contributed by atoms with Crippen molar-refractivity contribution >= 4 is 11.9 Å². The van der Waals surface area contributed by atoms with Gasteiger partial charge in [-0.15, -0.1) is 0 Å². The first-order chi connectivity index (χ1) is 10.5. The van der Waals surface area contributed by atoms with Crippen molar-refractivity contribution in [3.8, 4) is 0 Å². The third kappa shape index (κ3) is 5.95. The summed E-state index contributed by atoms with van der Waals surface area (Å²) in [5.74, 6) is 0.855. The van der Waals surface area contributed by atoms with Crippen molar-refractivity contribution in [3.05, 3.63) is 0 Å². The molecule has 0 aromatic heterocycles. The fraction of sp³-hybridized carbons (Fsp3) is 0.882. The molecule has 0 aliphatic carbocycles. The van der Waals surface area contributed by atoms with Gasteiger partial charge in [-0.3, -0.25) is 14.5 Å². The van der Waals surface area contributed by atoms with Gasteiger partial charge in [0, 0.05) is 32.1 Å². The molecule has 1 saturated heterocycles. The lowest BCUT2D eigenvalue weighted by atomic mass is 9.89. The zero-order chi connectivity index (χ0) is 16.5. The Morgan fingerprint density at radius 2 is 1.77 bits per heavy atom. The number of hydrogen-bond donors (Lipinski definition) is 0. The van der Waals surface area contributed by atoms with Crippen LogP contribution in [0.1, 0.15) is 46.5 Å². The molecular formula is C17H32N2O3. The fourth-order valence-electron chi connectivity index (χ4n) is 2.97. The summed E-state index contributed by atoms with van der Waals surface area (Å²) in [4.78, 5) is 28.1. The number of esters is 1. The van der Waals surface area contributed by atoms with Crippen molar-refractivity contribution < 1.29 is 14.3 Å². The number of methoxy groups -OCH3 is 1.